The number of hydrogen-bond acceptors (Lipinski definition) is 5. The van der Waals surface area contributed by atoms with E-state index in [9.17, 15) is 0 Å². The molecule has 6 heteroatoms. The fraction of sp³-hybridized carbons (Fsp3) is 0.0909. The molecule has 0 aliphatic rings. The molecule has 1 heterocycles. The molecule has 0 unspecified atom stereocenters. The summed E-state index contributed by atoms with van der Waals surface area (Å²) in [6, 6.07) is 8.84. The van der Waals surface area contributed by atoms with Crippen molar-refractivity contribution in [2.45, 2.75) is 6.92 Å². The van der Waals surface area contributed by atoms with Crippen molar-refractivity contribution in [3.63, 3.8) is 0 Å². The van der Waals surface area contributed by atoms with Gasteiger partial charge in [0.1, 0.15) is 5.69 Å². The van der Waals surface area contributed by atoms with E-state index in [-0.39, 0.29) is 5.84 Å². The molecule has 0 aliphatic heterocycles. The second-order valence-electron chi connectivity index (χ2n) is 3.36. The number of aryl methyl sites for hydroxylation is 1. The molecule has 0 bridgehead atoms. The van der Waals surface area contributed by atoms with Crippen molar-refractivity contribution in [1.82, 2.24) is 10.3 Å². The minimum atomic E-state index is 0.207. The Kier molecular flexibility index (Phi) is 2.83. The Labute approximate surface area is 97.3 Å². The molecule has 0 saturated carbocycles. The van der Waals surface area contributed by atoms with Crippen LogP contribution in [-0.4, -0.2) is 16.1 Å². The van der Waals surface area contributed by atoms with Gasteiger partial charge in [0.05, 0.1) is 17.3 Å². The molecule has 0 spiro atoms. The first kappa shape index (κ1) is 10.8. The maximum Gasteiger partial charge on any atom is 0.172 e. The predicted octanol–water partition coefficient (Wildman–Crippen LogP) is 1.29. The van der Waals surface area contributed by atoms with Gasteiger partial charge in [-0.15, -0.1) is 0 Å². The number of benzene rings is 1. The summed E-state index contributed by atoms with van der Waals surface area (Å²) < 4.78 is 4.54. The second kappa shape index (κ2) is 4.45. The number of aromatic nitrogens is 2. The van der Waals surface area contributed by atoms with Crippen molar-refractivity contribution in [2.24, 2.45) is 10.7 Å². The molecule has 2 aromatic rings. The van der Waals surface area contributed by atoms with E-state index in [1.807, 2.05) is 6.07 Å². The van der Waals surface area contributed by atoms with Gasteiger partial charge in [0, 0.05) is 0 Å². The normalized spacial score (nSPS) is 11.2. The minimum absolute atomic E-state index is 0.207. The fourth-order valence-electron chi connectivity index (χ4n) is 1.30. The van der Waals surface area contributed by atoms with E-state index in [4.69, 9.17) is 11.0 Å². The monoisotopic (exact) mass is 227 g/mol. The molecule has 0 amide bonds. The van der Waals surface area contributed by atoms with Crippen LogP contribution in [0.2, 0.25) is 0 Å². The zero-order chi connectivity index (χ0) is 12.3. The Morgan fingerprint density at radius 3 is 2.94 bits per heavy atom. The van der Waals surface area contributed by atoms with Crippen LogP contribution in [0.3, 0.4) is 0 Å². The van der Waals surface area contributed by atoms with Crippen LogP contribution in [-0.2, 0) is 0 Å². The largest absolute Gasteiger partial charge is 0.382 e. The van der Waals surface area contributed by atoms with Gasteiger partial charge >= 0.3 is 0 Å². The maximum absolute atomic E-state index is 8.76. The van der Waals surface area contributed by atoms with Crippen LogP contribution in [0.1, 0.15) is 17.0 Å². The van der Waals surface area contributed by atoms with Gasteiger partial charge in [0.15, 0.2) is 11.5 Å². The highest BCUT2D eigenvalue weighted by molar-refractivity contribution is 5.98. The average molecular weight is 227 g/mol. The third-order valence-electron chi connectivity index (χ3n) is 2.12. The molecule has 0 fully saturated rings. The standard InChI is InChI=1S/C11H9N5O/c1-7-10(16-17-15-7)11(13)14-9-4-2-3-8(5-9)6-12/h2-5H,1H3,(H2,13,14). The number of hydrogen-bond donors (Lipinski definition) is 1. The molecule has 17 heavy (non-hydrogen) atoms. The lowest BCUT2D eigenvalue weighted by Gasteiger charge is -1.97. The molecular formula is C11H9N5O. The van der Waals surface area contributed by atoms with Gasteiger partial charge < -0.3 is 5.73 Å². The lowest BCUT2D eigenvalue weighted by Crippen LogP contribution is -2.14. The highest BCUT2D eigenvalue weighted by atomic mass is 16.6. The molecule has 0 atom stereocenters. The molecule has 84 valence electrons. The zero-order valence-electron chi connectivity index (χ0n) is 9.08. The van der Waals surface area contributed by atoms with Gasteiger partial charge in [-0.05, 0) is 30.3 Å². The van der Waals surface area contributed by atoms with Crippen molar-refractivity contribution in [1.29, 1.82) is 5.26 Å². The SMILES string of the molecule is Cc1nonc1C(N)=Nc1cccc(C#N)c1. The van der Waals surface area contributed by atoms with E-state index < -0.39 is 0 Å². The van der Waals surface area contributed by atoms with Crippen molar-refractivity contribution < 1.29 is 4.63 Å². The van der Waals surface area contributed by atoms with Crippen LogP contribution in [0.25, 0.3) is 0 Å². The van der Waals surface area contributed by atoms with Crippen molar-refractivity contribution in [3.05, 3.63) is 41.2 Å². The van der Waals surface area contributed by atoms with E-state index >= 15 is 0 Å². The first-order chi connectivity index (χ1) is 8.20. The number of amidine groups is 1. The summed E-state index contributed by atoms with van der Waals surface area (Å²) in [4.78, 5) is 4.15. The number of rotatable bonds is 2. The molecule has 0 aliphatic carbocycles. The summed E-state index contributed by atoms with van der Waals surface area (Å²) in [6.45, 7) is 1.72. The number of nitrogens with zero attached hydrogens (tertiary/aromatic N) is 4. The third kappa shape index (κ3) is 2.29. The molecule has 6 nitrogen and oxygen atoms in total. The summed E-state index contributed by atoms with van der Waals surface area (Å²) in [5, 5.41) is 16.0. The van der Waals surface area contributed by atoms with Crippen molar-refractivity contribution in [2.75, 3.05) is 0 Å². The lowest BCUT2D eigenvalue weighted by atomic mass is 10.2. The molecule has 0 saturated heterocycles. The Balaban J connectivity index is 2.37. The highest BCUT2D eigenvalue weighted by Gasteiger charge is 2.09. The third-order valence-corrected chi connectivity index (χ3v) is 2.12. The van der Waals surface area contributed by atoms with Crippen LogP contribution in [0.15, 0.2) is 33.9 Å². The predicted molar refractivity (Wildman–Crippen MR) is 60.6 cm³/mol. The molecule has 0 radical (unpaired) electrons. The van der Waals surface area contributed by atoms with Gasteiger partial charge in [0.2, 0.25) is 0 Å². The highest BCUT2D eigenvalue weighted by Crippen LogP contribution is 2.14. The number of nitrogens with two attached hydrogens (primary N) is 1. The number of aliphatic imine (C=N–C) groups is 1. The Bertz CT molecular complexity index is 608. The van der Waals surface area contributed by atoms with E-state index in [1.165, 1.54) is 0 Å². The van der Waals surface area contributed by atoms with Gasteiger partial charge in [-0.3, -0.25) is 0 Å². The van der Waals surface area contributed by atoms with Gasteiger partial charge in [-0.25, -0.2) is 9.62 Å². The molecule has 1 aromatic carbocycles. The smallest absolute Gasteiger partial charge is 0.172 e. The van der Waals surface area contributed by atoms with E-state index in [0.29, 0.717) is 22.6 Å². The summed E-state index contributed by atoms with van der Waals surface area (Å²) >= 11 is 0. The zero-order valence-corrected chi connectivity index (χ0v) is 9.08. The summed E-state index contributed by atoms with van der Waals surface area (Å²) in [5.74, 6) is 0.207. The molecule has 2 rings (SSSR count). The van der Waals surface area contributed by atoms with Crippen LogP contribution in [0.5, 0.6) is 0 Å². The lowest BCUT2D eigenvalue weighted by molar-refractivity contribution is 0.304. The Morgan fingerprint density at radius 1 is 1.47 bits per heavy atom. The Morgan fingerprint density at radius 2 is 2.29 bits per heavy atom. The fourth-order valence-corrected chi connectivity index (χ4v) is 1.30. The van der Waals surface area contributed by atoms with Crippen LogP contribution in [0, 0.1) is 18.3 Å². The summed E-state index contributed by atoms with van der Waals surface area (Å²) in [5.41, 5.74) is 7.86. The Hall–Kier alpha value is -2.68. The van der Waals surface area contributed by atoms with E-state index in [1.54, 1.807) is 31.2 Å². The molecule has 1 aromatic heterocycles. The maximum atomic E-state index is 8.76. The second-order valence-corrected chi connectivity index (χ2v) is 3.36. The average Bonchev–Trinajstić information content (AvgIpc) is 2.76. The topological polar surface area (TPSA) is 101 Å². The minimum Gasteiger partial charge on any atom is -0.382 e. The van der Waals surface area contributed by atoms with Crippen LogP contribution < -0.4 is 5.73 Å². The van der Waals surface area contributed by atoms with E-state index in [2.05, 4.69) is 19.9 Å². The molecule has 2 N–H and O–H groups in total. The van der Waals surface area contributed by atoms with Crippen LogP contribution >= 0.6 is 0 Å². The molecular weight excluding hydrogens is 218 g/mol. The van der Waals surface area contributed by atoms with Crippen LogP contribution in [0.4, 0.5) is 5.69 Å². The van der Waals surface area contributed by atoms with Crippen molar-refractivity contribution in [3.8, 4) is 6.07 Å². The van der Waals surface area contributed by atoms with E-state index in [0.717, 1.165) is 0 Å². The quantitative estimate of drug-likeness (QED) is 0.615. The van der Waals surface area contributed by atoms with Gasteiger partial charge in [-0.2, -0.15) is 5.26 Å². The van der Waals surface area contributed by atoms with Gasteiger partial charge in [0.25, 0.3) is 0 Å². The first-order valence-electron chi connectivity index (χ1n) is 4.84. The van der Waals surface area contributed by atoms with Crippen molar-refractivity contribution >= 4 is 11.5 Å². The number of nitriles is 1. The van der Waals surface area contributed by atoms with Gasteiger partial charge in [-0.1, -0.05) is 11.2 Å². The summed E-state index contributed by atoms with van der Waals surface area (Å²) in [6.07, 6.45) is 0. The summed E-state index contributed by atoms with van der Waals surface area (Å²) in [7, 11) is 0. The first-order valence-corrected chi connectivity index (χ1v) is 4.84.